The number of benzene rings is 2. The molecule has 3 nitrogen and oxygen atoms in total. The molecule has 0 aliphatic heterocycles. The van der Waals surface area contributed by atoms with Gasteiger partial charge in [0.2, 0.25) is 0 Å². The lowest BCUT2D eigenvalue weighted by atomic mass is 10.1. The van der Waals surface area contributed by atoms with Gasteiger partial charge in [0.05, 0.1) is 5.56 Å². The van der Waals surface area contributed by atoms with Crippen molar-refractivity contribution in [2.24, 2.45) is 0 Å². The summed E-state index contributed by atoms with van der Waals surface area (Å²) in [4.78, 5) is 23.7. The van der Waals surface area contributed by atoms with Crippen LogP contribution in [0.25, 0.3) is 0 Å². The summed E-state index contributed by atoms with van der Waals surface area (Å²) >= 11 is 3.36. The molecule has 102 valence electrons. The summed E-state index contributed by atoms with van der Waals surface area (Å²) in [7, 11) is 0. The molecular formula is C16H13BrO3. The van der Waals surface area contributed by atoms with E-state index in [0.29, 0.717) is 11.1 Å². The highest BCUT2D eigenvalue weighted by atomic mass is 79.9. The summed E-state index contributed by atoms with van der Waals surface area (Å²) < 4.78 is 5.86. The second-order valence-corrected chi connectivity index (χ2v) is 5.18. The predicted molar refractivity (Wildman–Crippen MR) is 79.9 cm³/mol. The van der Waals surface area contributed by atoms with E-state index < -0.39 is 5.97 Å². The molecule has 0 saturated heterocycles. The molecule has 0 aliphatic rings. The number of hydrogen-bond donors (Lipinski definition) is 0. The first-order valence-corrected chi connectivity index (χ1v) is 6.89. The number of halogens is 1. The lowest BCUT2D eigenvalue weighted by molar-refractivity contribution is 0.0474. The number of ketones is 1. The maximum atomic E-state index is 11.8. The Morgan fingerprint density at radius 2 is 1.75 bits per heavy atom. The van der Waals surface area contributed by atoms with Gasteiger partial charge in [0, 0.05) is 10.0 Å². The van der Waals surface area contributed by atoms with Crippen LogP contribution in [0.1, 0.15) is 26.3 Å². The quantitative estimate of drug-likeness (QED) is 0.631. The third-order valence-corrected chi connectivity index (χ3v) is 3.69. The fourth-order valence-corrected chi connectivity index (χ4v) is 2.02. The normalized spacial score (nSPS) is 10.1. The smallest absolute Gasteiger partial charge is 0.338 e. The number of esters is 1. The molecule has 0 bridgehead atoms. The first-order valence-electron chi connectivity index (χ1n) is 6.09. The van der Waals surface area contributed by atoms with Crippen LogP contribution < -0.4 is 0 Å². The van der Waals surface area contributed by atoms with E-state index in [4.69, 9.17) is 4.74 Å². The first-order chi connectivity index (χ1) is 9.58. The van der Waals surface area contributed by atoms with Crippen molar-refractivity contribution in [2.45, 2.75) is 6.92 Å². The van der Waals surface area contributed by atoms with Crippen LogP contribution in [0.5, 0.6) is 0 Å². The zero-order valence-corrected chi connectivity index (χ0v) is 12.5. The van der Waals surface area contributed by atoms with Gasteiger partial charge < -0.3 is 4.74 Å². The molecule has 0 radical (unpaired) electrons. The molecule has 0 aliphatic carbocycles. The van der Waals surface area contributed by atoms with Crippen LogP contribution in [-0.4, -0.2) is 18.4 Å². The molecular weight excluding hydrogens is 320 g/mol. The Bertz CT molecular complexity index is 635. The first kappa shape index (κ1) is 14.5. The second kappa shape index (κ2) is 6.48. The Hall–Kier alpha value is -1.94. The fraction of sp³-hybridized carbons (Fsp3) is 0.125. The van der Waals surface area contributed by atoms with Crippen molar-refractivity contribution in [2.75, 3.05) is 6.61 Å². The van der Waals surface area contributed by atoms with Crippen LogP contribution in [0, 0.1) is 6.92 Å². The Morgan fingerprint density at radius 3 is 2.40 bits per heavy atom. The van der Waals surface area contributed by atoms with Crippen molar-refractivity contribution >= 4 is 27.7 Å². The number of aryl methyl sites for hydroxylation is 1. The maximum Gasteiger partial charge on any atom is 0.338 e. The van der Waals surface area contributed by atoms with E-state index in [1.165, 1.54) is 0 Å². The molecule has 0 heterocycles. The highest BCUT2D eigenvalue weighted by molar-refractivity contribution is 9.10. The molecule has 0 spiro atoms. The zero-order valence-electron chi connectivity index (χ0n) is 10.9. The van der Waals surface area contributed by atoms with E-state index in [-0.39, 0.29) is 12.4 Å². The largest absolute Gasteiger partial charge is 0.454 e. The number of ether oxygens (including phenoxy) is 1. The van der Waals surface area contributed by atoms with Crippen molar-refractivity contribution in [1.82, 2.24) is 0 Å². The fourth-order valence-electron chi connectivity index (χ4n) is 1.64. The molecule has 0 saturated carbocycles. The molecule has 0 N–H and O–H groups in total. The summed E-state index contributed by atoms with van der Waals surface area (Å²) in [5.41, 5.74) is 1.98. The molecule has 20 heavy (non-hydrogen) atoms. The SMILES string of the molecule is Cc1ccc(C(=O)OCC(=O)c2ccccc2)cc1Br. The number of carbonyl (C=O) groups excluding carboxylic acids is 2. The van der Waals surface area contributed by atoms with Crippen molar-refractivity contribution < 1.29 is 14.3 Å². The van der Waals surface area contributed by atoms with Crippen LogP contribution in [0.4, 0.5) is 0 Å². The minimum atomic E-state index is -0.505. The minimum absolute atomic E-state index is 0.217. The van der Waals surface area contributed by atoms with E-state index in [2.05, 4.69) is 15.9 Å². The van der Waals surface area contributed by atoms with Crippen molar-refractivity contribution in [3.8, 4) is 0 Å². The van der Waals surface area contributed by atoms with E-state index in [1.807, 2.05) is 19.1 Å². The summed E-state index contributed by atoms with van der Waals surface area (Å²) in [6.45, 7) is 1.67. The average molecular weight is 333 g/mol. The molecule has 0 amide bonds. The van der Waals surface area contributed by atoms with E-state index in [1.54, 1.807) is 36.4 Å². The Balaban J connectivity index is 1.98. The molecule has 0 aromatic heterocycles. The minimum Gasteiger partial charge on any atom is -0.454 e. The van der Waals surface area contributed by atoms with Crippen molar-refractivity contribution in [3.05, 3.63) is 69.7 Å². The molecule has 2 aromatic rings. The zero-order chi connectivity index (χ0) is 14.5. The highest BCUT2D eigenvalue weighted by Crippen LogP contribution is 2.18. The van der Waals surface area contributed by atoms with Crippen LogP contribution in [-0.2, 0) is 4.74 Å². The highest BCUT2D eigenvalue weighted by Gasteiger charge is 2.12. The van der Waals surface area contributed by atoms with Crippen LogP contribution in [0.3, 0.4) is 0 Å². The molecule has 4 heteroatoms. The van der Waals surface area contributed by atoms with Crippen LogP contribution in [0.15, 0.2) is 53.0 Å². The Kier molecular flexibility index (Phi) is 4.69. The Labute approximate surface area is 125 Å². The molecule has 0 atom stereocenters. The van der Waals surface area contributed by atoms with Gasteiger partial charge in [-0.3, -0.25) is 4.79 Å². The molecule has 0 unspecified atom stereocenters. The van der Waals surface area contributed by atoms with Crippen LogP contribution >= 0.6 is 15.9 Å². The standard InChI is InChI=1S/C16H13BrO3/c1-11-7-8-13(9-14(11)17)16(19)20-10-15(18)12-5-3-2-4-6-12/h2-9H,10H2,1H3. The van der Waals surface area contributed by atoms with Crippen LogP contribution in [0.2, 0.25) is 0 Å². The maximum absolute atomic E-state index is 11.8. The predicted octanol–water partition coefficient (Wildman–Crippen LogP) is 3.80. The Morgan fingerprint density at radius 1 is 1.05 bits per heavy atom. The van der Waals surface area contributed by atoms with Gasteiger partial charge in [0.1, 0.15) is 0 Å². The second-order valence-electron chi connectivity index (χ2n) is 4.33. The lowest BCUT2D eigenvalue weighted by Crippen LogP contribution is -2.14. The number of carbonyl (C=O) groups is 2. The van der Waals surface area contributed by atoms with Gasteiger partial charge in [0.15, 0.2) is 12.4 Å². The topological polar surface area (TPSA) is 43.4 Å². The van der Waals surface area contributed by atoms with E-state index in [9.17, 15) is 9.59 Å². The van der Waals surface area contributed by atoms with Gasteiger partial charge in [-0.1, -0.05) is 52.3 Å². The van der Waals surface area contributed by atoms with E-state index >= 15 is 0 Å². The third-order valence-electron chi connectivity index (χ3n) is 2.84. The van der Waals surface area contributed by atoms with Crippen molar-refractivity contribution in [1.29, 1.82) is 0 Å². The number of hydrogen-bond acceptors (Lipinski definition) is 3. The molecule has 0 fully saturated rings. The molecule has 2 aromatic carbocycles. The third kappa shape index (κ3) is 3.54. The number of Topliss-reactive ketones (excluding diaryl/α,β-unsaturated/α-hetero) is 1. The van der Waals surface area contributed by atoms with Crippen molar-refractivity contribution in [3.63, 3.8) is 0 Å². The van der Waals surface area contributed by atoms with Gasteiger partial charge in [-0.2, -0.15) is 0 Å². The summed E-state index contributed by atoms with van der Waals surface area (Å²) in [6, 6.07) is 13.9. The van der Waals surface area contributed by atoms with Gasteiger partial charge in [-0.15, -0.1) is 0 Å². The van der Waals surface area contributed by atoms with E-state index in [0.717, 1.165) is 10.0 Å². The molecule has 2 rings (SSSR count). The lowest BCUT2D eigenvalue weighted by Gasteiger charge is -2.06. The summed E-state index contributed by atoms with van der Waals surface area (Å²) in [5.74, 6) is -0.722. The van der Waals surface area contributed by atoms with Gasteiger partial charge in [0.25, 0.3) is 0 Å². The van der Waals surface area contributed by atoms with Gasteiger partial charge >= 0.3 is 5.97 Å². The summed E-state index contributed by atoms with van der Waals surface area (Å²) in [5, 5.41) is 0. The number of rotatable bonds is 4. The monoisotopic (exact) mass is 332 g/mol. The summed E-state index contributed by atoms with van der Waals surface area (Å²) in [6.07, 6.45) is 0. The van der Waals surface area contributed by atoms with Gasteiger partial charge in [-0.05, 0) is 24.6 Å². The van der Waals surface area contributed by atoms with Gasteiger partial charge in [-0.25, -0.2) is 4.79 Å². The average Bonchev–Trinajstić information content (AvgIpc) is 2.48.